The molecule has 0 saturated carbocycles. The van der Waals surface area contributed by atoms with Crippen molar-refractivity contribution in [2.75, 3.05) is 51.3 Å². The van der Waals surface area contributed by atoms with Crippen molar-refractivity contribution in [2.45, 2.75) is 12.3 Å². The highest BCUT2D eigenvalue weighted by Gasteiger charge is 2.21. The molecule has 0 radical (unpaired) electrons. The van der Waals surface area contributed by atoms with Gasteiger partial charge in [0.1, 0.15) is 0 Å². The lowest BCUT2D eigenvalue weighted by molar-refractivity contribution is 0.122. The molecule has 0 aromatic heterocycles. The topological polar surface area (TPSA) is 15.7 Å². The Morgan fingerprint density at radius 1 is 1.06 bits per heavy atom. The van der Waals surface area contributed by atoms with Gasteiger partial charge in [0.15, 0.2) is 0 Å². The van der Waals surface area contributed by atoms with Crippen LogP contribution in [0, 0.1) is 0 Å². The van der Waals surface area contributed by atoms with Crippen molar-refractivity contribution in [3.05, 3.63) is 29.8 Å². The van der Waals surface area contributed by atoms with E-state index in [-0.39, 0.29) is 0 Å². The quantitative estimate of drug-likeness (QED) is 0.793. The number of rotatable bonds is 2. The van der Waals surface area contributed by atoms with Crippen LogP contribution in [0.25, 0.3) is 0 Å². The van der Waals surface area contributed by atoms with Gasteiger partial charge in [-0.05, 0) is 43.6 Å². The maximum atomic E-state index is 5.39. The fourth-order valence-corrected chi connectivity index (χ4v) is 2.99. The van der Waals surface area contributed by atoms with Crippen molar-refractivity contribution >= 4 is 5.69 Å². The second-order valence-corrected chi connectivity index (χ2v) is 5.44. The largest absolute Gasteiger partial charge is 0.378 e. The summed E-state index contributed by atoms with van der Waals surface area (Å²) in [4.78, 5) is 4.83. The number of morpholine rings is 1. The molecule has 2 aliphatic heterocycles. The van der Waals surface area contributed by atoms with Gasteiger partial charge >= 0.3 is 0 Å². The molecule has 3 heteroatoms. The van der Waals surface area contributed by atoms with Crippen LogP contribution in [-0.4, -0.2) is 51.3 Å². The predicted molar refractivity (Wildman–Crippen MR) is 74.3 cm³/mol. The molecule has 1 aromatic rings. The van der Waals surface area contributed by atoms with Gasteiger partial charge in [0.05, 0.1) is 13.2 Å². The Balaban J connectivity index is 1.68. The van der Waals surface area contributed by atoms with E-state index in [1.807, 2.05) is 0 Å². The fraction of sp³-hybridized carbons (Fsp3) is 0.600. The monoisotopic (exact) mass is 246 g/mol. The molecule has 0 bridgehead atoms. The SMILES string of the molecule is CN1CCC(c2ccc(N3CCOCC3)cc2)C1. The number of anilines is 1. The summed E-state index contributed by atoms with van der Waals surface area (Å²) in [5.41, 5.74) is 2.84. The number of likely N-dealkylation sites (tertiary alicyclic amines) is 1. The Labute approximate surface area is 109 Å². The summed E-state index contributed by atoms with van der Waals surface area (Å²) < 4.78 is 5.39. The second-order valence-electron chi connectivity index (χ2n) is 5.44. The zero-order valence-corrected chi connectivity index (χ0v) is 11.1. The number of nitrogens with zero attached hydrogens (tertiary/aromatic N) is 2. The van der Waals surface area contributed by atoms with Crippen molar-refractivity contribution in [2.24, 2.45) is 0 Å². The average Bonchev–Trinajstić information content (AvgIpc) is 2.87. The van der Waals surface area contributed by atoms with Crippen LogP contribution in [0.15, 0.2) is 24.3 Å². The number of hydrogen-bond acceptors (Lipinski definition) is 3. The van der Waals surface area contributed by atoms with E-state index in [4.69, 9.17) is 4.74 Å². The molecule has 98 valence electrons. The van der Waals surface area contributed by atoms with E-state index in [2.05, 4.69) is 41.1 Å². The molecule has 1 unspecified atom stereocenters. The molecule has 3 rings (SSSR count). The zero-order valence-electron chi connectivity index (χ0n) is 11.1. The second kappa shape index (κ2) is 5.29. The number of benzene rings is 1. The lowest BCUT2D eigenvalue weighted by Gasteiger charge is -2.29. The standard InChI is InChI=1S/C15H22N2O/c1-16-7-6-14(12-16)13-2-4-15(5-3-13)17-8-10-18-11-9-17/h2-5,14H,6-12H2,1H3. The van der Waals surface area contributed by atoms with Crippen molar-refractivity contribution in [3.63, 3.8) is 0 Å². The molecule has 0 aliphatic carbocycles. The molecule has 2 heterocycles. The zero-order chi connectivity index (χ0) is 12.4. The Bertz CT molecular complexity index is 360. The number of likely N-dealkylation sites (N-methyl/N-ethyl adjacent to an activating group) is 1. The molecule has 2 saturated heterocycles. The normalized spacial score (nSPS) is 25.6. The Hall–Kier alpha value is -1.06. The van der Waals surface area contributed by atoms with Gasteiger partial charge in [0.25, 0.3) is 0 Å². The summed E-state index contributed by atoms with van der Waals surface area (Å²) in [5.74, 6) is 0.730. The summed E-state index contributed by atoms with van der Waals surface area (Å²) in [7, 11) is 2.21. The van der Waals surface area contributed by atoms with E-state index in [0.29, 0.717) is 0 Å². The van der Waals surface area contributed by atoms with Gasteiger partial charge in [-0.15, -0.1) is 0 Å². The van der Waals surface area contributed by atoms with Crippen molar-refractivity contribution < 1.29 is 4.74 Å². The van der Waals surface area contributed by atoms with Gasteiger partial charge in [-0.25, -0.2) is 0 Å². The lowest BCUT2D eigenvalue weighted by atomic mass is 9.98. The third-order valence-corrected chi connectivity index (χ3v) is 4.13. The first-order chi connectivity index (χ1) is 8.83. The molecule has 1 atom stereocenters. The third-order valence-electron chi connectivity index (χ3n) is 4.13. The molecule has 1 aromatic carbocycles. The summed E-state index contributed by atoms with van der Waals surface area (Å²) in [6.45, 7) is 6.19. The van der Waals surface area contributed by atoms with E-state index in [1.54, 1.807) is 0 Å². The van der Waals surface area contributed by atoms with Crippen LogP contribution in [0.3, 0.4) is 0 Å². The molecular formula is C15H22N2O. The molecule has 2 aliphatic rings. The van der Waals surface area contributed by atoms with Crippen LogP contribution in [-0.2, 0) is 4.74 Å². The van der Waals surface area contributed by atoms with Crippen LogP contribution in [0.4, 0.5) is 5.69 Å². The molecule has 0 amide bonds. The molecule has 0 spiro atoms. The van der Waals surface area contributed by atoms with Gasteiger partial charge < -0.3 is 14.5 Å². The maximum Gasteiger partial charge on any atom is 0.0642 e. The number of hydrogen-bond donors (Lipinski definition) is 0. The summed E-state index contributed by atoms with van der Waals surface area (Å²) in [6, 6.07) is 9.18. The van der Waals surface area contributed by atoms with E-state index >= 15 is 0 Å². The first kappa shape index (κ1) is 12.0. The first-order valence-corrected chi connectivity index (χ1v) is 6.94. The Morgan fingerprint density at radius 3 is 2.39 bits per heavy atom. The van der Waals surface area contributed by atoms with Crippen LogP contribution < -0.4 is 4.90 Å². The third kappa shape index (κ3) is 2.52. The van der Waals surface area contributed by atoms with Gasteiger partial charge in [-0.3, -0.25) is 0 Å². The van der Waals surface area contributed by atoms with E-state index in [9.17, 15) is 0 Å². The highest BCUT2D eigenvalue weighted by atomic mass is 16.5. The van der Waals surface area contributed by atoms with Gasteiger partial charge in [0.2, 0.25) is 0 Å². The smallest absolute Gasteiger partial charge is 0.0642 e. The molecular weight excluding hydrogens is 224 g/mol. The summed E-state index contributed by atoms with van der Waals surface area (Å²) >= 11 is 0. The van der Waals surface area contributed by atoms with Crippen LogP contribution in [0.2, 0.25) is 0 Å². The minimum absolute atomic E-state index is 0.730. The number of ether oxygens (including phenoxy) is 1. The summed E-state index contributed by atoms with van der Waals surface area (Å²) in [5, 5.41) is 0. The highest BCUT2D eigenvalue weighted by molar-refractivity contribution is 5.48. The molecule has 18 heavy (non-hydrogen) atoms. The van der Waals surface area contributed by atoms with Gasteiger partial charge in [-0.2, -0.15) is 0 Å². The minimum atomic E-state index is 0.730. The molecule has 0 N–H and O–H groups in total. The molecule has 2 fully saturated rings. The fourth-order valence-electron chi connectivity index (χ4n) is 2.99. The predicted octanol–water partition coefficient (Wildman–Crippen LogP) is 1.94. The first-order valence-electron chi connectivity index (χ1n) is 6.94. The van der Waals surface area contributed by atoms with Crippen molar-refractivity contribution in [1.29, 1.82) is 0 Å². The Kier molecular flexibility index (Phi) is 3.52. The van der Waals surface area contributed by atoms with E-state index in [0.717, 1.165) is 32.2 Å². The summed E-state index contributed by atoms with van der Waals surface area (Å²) in [6.07, 6.45) is 1.30. The van der Waals surface area contributed by atoms with Gasteiger partial charge in [0, 0.05) is 25.3 Å². The molecule has 3 nitrogen and oxygen atoms in total. The van der Waals surface area contributed by atoms with Crippen molar-refractivity contribution in [3.8, 4) is 0 Å². The average molecular weight is 246 g/mol. The van der Waals surface area contributed by atoms with Crippen LogP contribution in [0.1, 0.15) is 17.9 Å². The highest BCUT2D eigenvalue weighted by Crippen LogP contribution is 2.28. The van der Waals surface area contributed by atoms with Gasteiger partial charge in [-0.1, -0.05) is 12.1 Å². The lowest BCUT2D eigenvalue weighted by Crippen LogP contribution is -2.36. The Morgan fingerprint density at radius 2 is 1.78 bits per heavy atom. The van der Waals surface area contributed by atoms with Crippen LogP contribution >= 0.6 is 0 Å². The maximum absolute atomic E-state index is 5.39. The van der Waals surface area contributed by atoms with Crippen molar-refractivity contribution in [1.82, 2.24) is 4.90 Å². The minimum Gasteiger partial charge on any atom is -0.378 e. The van der Waals surface area contributed by atoms with E-state index in [1.165, 1.54) is 30.8 Å². The van der Waals surface area contributed by atoms with E-state index < -0.39 is 0 Å². The van der Waals surface area contributed by atoms with Crippen LogP contribution in [0.5, 0.6) is 0 Å².